The molecule has 2 aliphatic rings. The fourth-order valence-corrected chi connectivity index (χ4v) is 5.51. The number of ketones is 1. The summed E-state index contributed by atoms with van der Waals surface area (Å²) >= 11 is 0. The standard InChI is InChI=1S/C31H30FN3O/c1-3-5-26-29(36)28(21-12-10-20(11-13-21)19-8-9-19)31(2,35-30(26)34)25-7-4-6-22(17-25)23-14-15-27(32)24(16-23)18-33/h4,6-7,10-17,19,26,28H,3,5,8-9H2,1-2H3,(H2,34,35)/t26?,28-,31+/m0/s1. The summed E-state index contributed by atoms with van der Waals surface area (Å²) in [5.41, 5.74) is 10.2. The van der Waals surface area contributed by atoms with Gasteiger partial charge in [0.2, 0.25) is 0 Å². The Bertz CT molecular complexity index is 1380. The molecule has 1 aliphatic heterocycles. The molecular formula is C31H30FN3O. The lowest BCUT2D eigenvalue weighted by Crippen LogP contribution is -2.47. The summed E-state index contributed by atoms with van der Waals surface area (Å²) in [5.74, 6) is -0.294. The van der Waals surface area contributed by atoms with Crippen LogP contribution in [0.4, 0.5) is 4.39 Å². The average molecular weight is 480 g/mol. The zero-order chi connectivity index (χ0) is 25.4. The molecule has 0 saturated heterocycles. The smallest absolute Gasteiger partial charge is 0.153 e. The monoisotopic (exact) mass is 479 g/mol. The molecule has 0 amide bonds. The number of carbonyl (C=O) groups excluding carboxylic acids is 1. The highest BCUT2D eigenvalue weighted by Gasteiger charge is 2.48. The van der Waals surface area contributed by atoms with E-state index < -0.39 is 23.2 Å². The summed E-state index contributed by atoms with van der Waals surface area (Å²) < 4.78 is 13.9. The molecule has 36 heavy (non-hydrogen) atoms. The number of nitrogens with zero attached hydrogens (tertiary/aromatic N) is 2. The Morgan fingerprint density at radius 2 is 1.75 bits per heavy atom. The molecule has 2 N–H and O–H groups in total. The number of nitriles is 1. The molecule has 1 fully saturated rings. The van der Waals surface area contributed by atoms with Crippen LogP contribution in [-0.2, 0) is 10.3 Å². The minimum Gasteiger partial charge on any atom is -0.387 e. The number of aliphatic imine (C=N–C) groups is 1. The largest absolute Gasteiger partial charge is 0.387 e. The van der Waals surface area contributed by atoms with Gasteiger partial charge >= 0.3 is 0 Å². The minimum absolute atomic E-state index is 0.00439. The maximum absolute atomic E-state index is 14.0. The molecule has 182 valence electrons. The number of hydrogen-bond donors (Lipinski definition) is 1. The van der Waals surface area contributed by atoms with Crippen LogP contribution in [0.25, 0.3) is 11.1 Å². The number of amidine groups is 1. The van der Waals surface area contributed by atoms with Gasteiger partial charge in [-0.05, 0) is 78.1 Å². The third-order valence-corrected chi connectivity index (χ3v) is 7.67. The maximum Gasteiger partial charge on any atom is 0.153 e. The Morgan fingerprint density at radius 3 is 2.42 bits per heavy atom. The van der Waals surface area contributed by atoms with E-state index in [-0.39, 0.29) is 11.3 Å². The van der Waals surface area contributed by atoms with Crippen LogP contribution in [-0.4, -0.2) is 11.6 Å². The molecule has 4 nitrogen and oxygen atoms in total. The first-order valence-electron chi connectivity index (χ1n) is 12.6. The summed E-state index contributed by atoms with van der Waals surface area (Å²) in [5, 5.41) is 9.28. The van der Waals surface area contributed by atoms with Gasteiger partial charge in [-0.3, -0.25) is 9.79 Å². The molecule has 3 aromatic rings. The van der Waals surface area contributed by atoms with Crippen LogP contribution < -0.4 is 5.73 Å². The van der Waals surface area contributed by atoms with Crippen LogP contribution in [0, 0.1) is 23.1 Å². The maximum atomic E-state index is 14.0. The number of hydrogen-bond acceptors (Lipinski definition) is 4. The van der Waals surface area contributed by atoms with Crippen molar-refractivity contribution in [1.82, 2.24) is 0 Å². The van der Waals surface area contributed by atoms with E-state index in [9.17, 15) is 14.4 Å². The van der Waals surface area contributed by atoms with Crippen LogP contribution in [0.1, 0.15) is 73.6 Å². The van der Waals surface area contributed by atoms with Gasteiger partial charge < -0.3 is 5.73 Å². The van der Waals surface area contributed by atoms with Crippen molar-refractivity contribution in [3.8, 4) is 17.2 Å². The lowest BCUT2D eigenvalue weighted by Gasteiger charge is -2.41. The second-order valence-corrected chi connectivity index (χ2v) is 10.2. The van der Waals surface area contributed by atoms with Crippen molar-refractivity contribution in [2.75, 3.05) is 0 Å². The normalized spacial score (nSPS) is 23.7. The number of rotatable bonds is 6. The molecule has 1 aliphatic carbocycles. The van der Waals surface area contributed by atoms with Gasteiger partial charge in [-0.1, -0.05) is 61.9 Å². The molecule has 1 heterocycles. The number of benzene rings is 3. The van der Waals surface area contributed by atoms with Crippen LogP contribution in [0.15, 0.2) is 71.7 Å². The summed E-state index contributed by atoms with van der Waals surface area (Å²) in [6.45, 7) is 4.03. The second kappa shape index (κ2) is 9.35. The number of Topliss-reactive ketones (excluding diaryl/α,β-unsaturated/α-hetero) is 1. The van der Waals surface area contributed by atoms with Gasteiger partial charge in [0.15, 0.2) is 5.78 Å². The van der Waals surface area contributed by atoms with Crippen molar-refractivity contribution in [2.24, 2.45) is 16.6 Å². The first-order chi connectivity index (χ1) is 17.4. The van der Waals surface area contributed by atoms with Gasteiger partial charge in [0.05, 0.1) is 22.9 Å². The molecule has 3 aromatic carbocycles. The van der Waals surface area contributed by atoms with Crippen molar-refractivity contribution in [3.05, 3.63) is 94.8 Å². The average Bonchev–Trinajstić information content (AvgIpc) is 3.73. The topological polar surface area (TPSA) is 79.2 Å². The van der Waals surface area contributed by atoms with E-state index in [0.717, 1.165) is 28.7 Å². The van der Waals surface area contributed by atoms with E-state index in [2.05, 4.69) is 31.2 Å². The van der Waals surface area contributed by atoms with Crippen LogP contribution in [0.2, 0.25) is 0 Å². The summed E-state index contributed by atoms with van der Waals surface area (Å²) in [4.78, 5) is 19.0. The molecule has 5 rings (SSSR count). The SMILES string of the molecule is CCCC1C(=O)[C@H](c2ccc(C3CC3)cc2)[C@@](C)(c2cccc(-c3ccc(F)c(C#N)c3)c2)N=C1N. The van der Waals surface area contributed by atoms with Crippen LogP contribution in [0.5, 0.6) is 0 Å². The highest BCUT2D eigenvalue weighted by molar-refractivity contribution is 6.09. The zero-order valence-electron chi connectivity index (χ0n) is 20.7. The highest BCUT2D eigenvalue weighted by Crippen LogP contribution is 2.47. The summed E-state index contributed by atoms with van der Waals surface area (Å²) in [6, 6.07) is 22.6. The molecule has 5 heteroatoms. The molecular weight excluding hydrogens is 449 g/mol. The van der Waals surface area contributed by atoms with Crippen molar-refractivity contribution in [3.63, 3.8) is 0 Å². The second-order valence-electron chi connectivity index (χ2n) is 10.2. The summed E-state index contributed by atoms with van der Waals surface area (Å²) in [6.07, 6.45) is 3.97. The molecule has 0 spiro atoms. The predicted molar refractivity (Wildman–Crippen MR) is 140 cm³/mol. The molecule has 0 aromatic heterocycles. The van der Waals surface area contributed by atoms with E-state index in [4.69, 9.17) is 10.7 Å². The fraction of sp³-hybridized carbons (Fsp3) is 0.323. The van der Waals surface area contributed by atoms with E-state index in [1.54, 1.807) is 12.1 Å². The van der Waals surface area contributed by atoms with Gasteiger partial charge in [0, 0.05) is 0 Å². The Balaban J connectivity index is 1.62. The third kappa shape index (κ3) is 4.22. The van der Waals surface area contributed by atoms with E-state index in [0.29, 0.717) is 18.2 Å². The van der Waals surface area contributed by atoms with Gasteiger partial charge in [-0.2, -0.15) is 5.26 Å². The Morgan fingerprint density at radius 1 is 1.06 bits per heavy atom. The van der Waals surface area contributed by atoms with Crippen molar-refractivity contribution < 1.29 is 9.18 Å². The van der Waals surface area contributed by atoms with E-state index in [1.807, 2.05) is 37.3 Å². The number of halogens is 1. The third-order valence-electron chi connectivity index (χ3n) is 7.67. The highest BCUT2D eigenvalue weighted by atomic mass is 19.1. The minimum atomic E-state index is -0.902. The molecule has 3 atom stereocenters. The molecule has 0 radical (unpaired) electrons. The van der Waals surface area contributed by atoms with Crippen LogP contribution >= 0.6 is 0 Å². The number of nitrogens with two attached hydrogens (primary N) is 1. The van der Waals surface area contributed by atoms with Crippen molar-refractivity contribution in [1.29, 1.82) is 5.26 Å². The Kier molecular flexibility index (Phi) is 6.22. The van der Waals surface area contributed by atoms with Crippen molar-refractivity contribution >= 4 is 11.6 Å². The van der Waals surface area contributed by atoms with Crippen LogP contribution in [0.3, 0.4) is 0 Å². The van der Waals surface area contributed by atoms with E-state index in [1.165, 1.54) is 24.5 Å². The van der Waals surface area contributed by atoms with Crippen molar-refractivity contribution in [2.45, 2.75) is 56.9 Å². The van der Waals surface area contributed by atoms with Gasteiger partial charge in [-0.15, -0.1) is 0 Å². The fourth-order valence-electron chi connectivity index (χ4n) is 5.51. The Hall–Kier alpha value is -3.78. The first-order valence-corrected chi connectivity index (χ1v) is 12.6. The quantitative estimate of drug-likeness (QED) is 0.433. The van der Waals surface area contributed by atoms with Gasteiger partial charge in [-0.25, -0.2) is 4.39 Å². The van der Waals surface area contributed by atoms with E-state index >= 15 is 0 Å². The Labute approximate surface area is 211 Å². The molecule has 1 unspecified atom stereocenters. The zero-order valence-corrected chi connectivity index (χ0v) is 20.7. The lowest BCUT2D eigenvalue weighted by molar-refractivity contribution is -0.124. The lowest BCUT2D eigenvalue weighted by atomic mass is 9.68. The summed E-state index contributed by atoms with van der Waals surface area (Å²) in [7, 11) is 0. The van der Waals surface area contributed by atoms with Gasteiger partial charge in [0.1, 0.15) is 17.7 Å². The number of carbonyl (C=O) groups is 1. The predicted octanol–water partition coefficient (Wildman–Crippen LogP) is 6.60. The van der Waals surface area contributed by atoms with Gasteiger partial charge in [0.25, 0.3) is 0 Å². The molecule has 1 saturated carbocycles. The first kappa shape index (κ1) is 23.9. The molecule has 0 bridgehead atoms.